The van der Waals surface area contributed by atoms with Crippen LogP contribution < -0.4 is 14.8 Å². The number of hydrogen-bond acceptors (Lipinski definition) is 4. The zero-order valence-corrected chi connectivity index (χ0v) is 23.8. The zero-order valence-electron chi connectivity index (χ0n) is 21.5. The number of nitrogens with one attached hydrogen (secondary N) is 1. The number of para-hydroxylation sites is 1. The van der Waals surface area contributed by atoms with Crippen molar-refractivity contribution in [2.24, 2.45) is 10.9 Å². The average Bonchev–Trinajstić information content (AvgIpc) is 3.46. The van der Waals surface area contributed by atoms with E-state index in [1.54, 1.807) is 7.11 Å². The lowest BCUT2D eigenvalue weighted by Gasteiger charge is -2.37. The molecule has 6 rings (SSSR count). The van der Waals surface area contributed by atoms with Crippen molar-refractivity contribution in [3.63, 3.8) is 0 Å². The minimum Gasteiger partial charge on any atom is -0.493 e. The highest BCUT2D eigenvalue weighted by molar-refractivity contribution is 9.10. The predicted octanol–water partition coefficient (Wildman–Crippen LogP) is 9.27. The SMILES string of the molecule is COc1cc(C=Nc2ccc([C@@H]3Nc4ccccc4[C@H]4C=CC[C@H]43)cc2)cc(Br)c1OCc1ccccc1Cl. The predicted molar refractivity (Wildman–Crippen MR) is 163 cm³/mol. The fraction of sp³-hybridized carbons (Fsp3) is 0.182. The van der Waals surface area contributed by atoms with E-state index in [0.29, 0.717) is 35.0 Å². The van der Waals surface area contributed by atoms with Gasteiger partial charge >= 0.3 is 0 Å². The number of methoxy groups -OCH3 is 1. The van der Waals surface area contributed by atoms with Crippen LogP contribution in [0.3, 0.4) is 0 Å². The summed E-state index contributed by atoms with van der Waals surface area (Å²) in [6, 6.07) is 29.0. The van der Waals surface area contributed by atoms with Crippen molar-refractivity contribution in [2.75, 3.05) is 12.4 Å². The van der Waals surface area contributed by atoms with Crippen LogP contribution in [0.25, 0.3) is 0 Å². The fourth-order valence-corrected chi connectivity index (χ4v) is 6.27. The third-order valence-electron chi connectivity index (χ3n) is 7.47. The smallest absolute Gasteiger partial charge is 0.175 e. The van der Waals surface area contributed by atoms with Gasteiger partial charge in [0.1, 0.15) is 6.61 Å². The Morgan fingerprint density at radius 2 is 1.82 bits per heavy atom. The van der Waals surface area contributed by atoms with Crippen molar-refractivity contribution in [1.29, 1.82) is 0 Å². The number of aliphatic imine (C=N–C) groups is 1. The monoisotopic (exact) mass is 598 g/mol. The summed E-state index contributed by atoms with van der Waals surface area (Å²) < 4.78 is 12.5. The first-order chi connectivity index (χ1) is 19.1. The molecule has 4 nitrogen and oxygen atoms in total. The summed E-state index contributed by atoms with van der Waals surface area (Å²) in [5.74, 6) is 2.24. The quantitative estimate of drug-likeness (QED) is 0.170. The van der Waals surface area contributed by atoms with E-state index >= 15 is 0 Å². The van der Waals surface area contributed by atoms with Gasteiger partial charge in [0.25, 0.3) is 0 Å². The highest BCUT2D eigenvalue weighted by atomic mass is 79.9. The van der Waals surface area contributed by atoms with E-state index in [2.05, 4.69) is 81.9 Å². The highest BCUT2D eigenvalue weighted by Gasteiger charge is 2.37. The summed E-state index contributed by atoms with van der Waals surface area (Å²) in [4.78, 5) is 4.72. The first-order valence-corrected chi connectivity index (χ1v) is 14.2. The third-order valence-corrected chi connectivity index (χ3v) is 8.43. The number of anilines is 1. The second-order valence-corrected chi connectivity index (χ2v) is 11.1. The van der Waals surface area contributed by atoms with E-state index in [9.17, 15) is 0 Å². The molecule has 1 N–H and O–H groups in total. The molecule has 1 aliphatic carbocycles. The van der Waals surface area contributed by atoms with Crippen LogP contribution in [0.1, 0.15) is 40.6 Å². The molecule has 0 aromatic heterocycles. The van der Waals surface area contributed by atoms with Crippen LogP contribution >= 0.6 is 27.5 Å². The maximum atomic E-state index is 6.28. The molecule has 0 bridgehead atoms. The highest BCUT2D eigenvalue weighted by Crippen LogP contribution is 2.49. The summed E-state index contributed by atoms with van der Waals surface area (Å²) in [5.41, 5.74) is 6.62. The van der Waals surface area contributed by atoms with Gasteiger partial charge in [-0.05, 0) is 81.4 Å². The van der Waals surface area contributed by atoms with Crippen molar-refractivity contribution < 1.29 is 9.47 Å². The van der Waals surface area contributed by atoms with Crippen molar-refractivity contribution >= 4 is 45.1 Å². The fourth-order valence-electron chi connectivity index (χ4n) is 5.51. The largest absolute Gasteiger partial charge is 0.493 e. The van der Waals surface area contributed by atoms with Gasteiger partial charge < -0.3 is 14.8 Å². The molecule has 1 heterocycles. The minimum atomic E-state index is 0.274. The van der Waals surface area contributed by atoms with Gasteiger partial charge in [0.15, 0.2) is 11.5 Å². The second kappa shape index (κ2) is 11.3. The number of nitrogens with zero attached hydrogens (tertiary/aromatic N) is 1. The number of halogens is 2. The van der Waals surface area contributed by atoms with Crippen LogP contribution in [0.4, 0.5) is 11.4 Å². The Hall–Kier alpha value is -3.54. The number of fused-ring (bicyclic) bond motifs is 3. The molecule has 0 saturated carbocycles. The van der Waals surface area contributed by atoms with Crippen LogP contribution in [0.2, 0.25) is 5.02 Å². The van der Waals surface area contributed by atoms with Gasteiger partial charge in [0.05, 0.1) is 23.3 Å². The molecular formula is C33H28BrClN2O2. The maximum Gasteiger partial charge on any atom is 0.175 e. The lowest BCUT2D eigenvalue weighted by molar-refractivity contribution is 0.282. The van der Waals surface area contributed by atoms with Gasteiger partial charge in [-0.1, -0.05) is 72.3 Å². The van der Waals surface area contributed by atoms with Gasteiger partial charge in [0.2, 0.25) is 0 Å². The average molecular weight is 600 g/mol. The molecule has 4 aromatic carbocycles. The van der Waals surface area contributed by atoms with Crippen LogP contribution in [-0.4, -0.2) is 13.3 Å². The Balaban J connectivity index is 1.17. The van der Waals surface area contributed by atoms with Crippen LogP contribution in [0.15, 0.2) is 107 Å². The van der Waals surface area contributed by atoms with Gasteiger partial charge in [-0.3, -0.25) is 4.99 Å². The number of ether oxygens (including phenoxy) is 2. The Labute approximate surface area is 242 Å². The molecule has 0 radical (unpaired) electrons. The van der Waals surface area contributed by atoms with E-state index in [0.717, 1.165) is 27.7 Å². The van der Waals surface area contributed by atoms with Crippen molar-refractivity contribution in [3.05, 3.63) is 129 Å². The van der Waals surface area contributed by atoms with Gasteiger partial charge in [-0.2, -0.15) is 0 Å². The number of hydrogen-bond donors (Lipinski definition) is 1. The summed E-state index contributed by atoms with van der Waals surface area (Å²) in [6.07, 6.45) is 7.62. The minimum absolute atomic E-state index is 0.274. The number of rotatable bonds is 7. The van der Waals surface area contributed by atoms with Crippen molar-refractivity contribution in [1.82, 2.24) is 0 Å². The molecule has 2 aliphatic rings. The second-order valence-electron chi connectivity index (χ2n) is 9.83. The van der Waals surface area contributed by atoms with Crippen molar-refractivity contribution in [3.8, 4) is 11.5 Å². The van der Waals surface area contributed by atoms with E-state index < -0.39 is 0 Å². The van der Waals surface area contributed by atoms with Crippen LogP contribution in [0, 0.1) is 5.92 Å². The van der Waals surface area contributed by atoms with Crippen LogP contribution in [-0.2, 0) is 6.61 Å². The molecule has 0 fully saturated rings. The Bertz CT molecular complexity index is 1550. The molecule has 0 spiro atoms. The third kappa shape index (κ3) is 5.34. The molecule has 0 saturated heterocycles. The molecule has 1 aliphatic heterocycles. The standard InChI is InChI=1S/C33H28BrClN2O2/c1-38-31-18-21(17-28(34)33(31)39-20-23-7-2-4-11-29(23)35)19-36-24-15-13-22(14-16-24)32-27-10-6-9-25(27)26-8-3-5-12-30(26)37-32/h2-9,11-19,25,27,32,37H,10,20H2,1H3/t25-,27-,32+/m1/s1. The van der Waals surface area contributed by atoms with Crippen molar-refractivity contribution in [2.45, 2.75) is 25.0 Å². The number of benzene rings is 4. The molecule has 6 heteroatoms. The molecule has 0 unspecified atom stereocenters. The van der Waals surface area contributed by atoms with E-state index in [1.807, 2.05) is 42.6 Å². The molecule has 0 amide bonds. The van der Waals surface area contributed by atoms with Gasteiger partial charge in [-0.25, -0.2) is 0 Å². The topological polar surface area (TPSA) is 42.8 Å². The van der Waals surface area contributed by atoms with Crippen LogP contribution in [0.5, 0.6) is 11.5 Å². The maximum absolute atomic E-state index is 6.28. The molecule has 3 atom stereocenters. The lowest BCUT2D eigenvalue weighted by atomic mass is 9.77. The first kappa shape index (κ1) is 25.7. The van der Waals surface area contributed by atoms with Gasteiger partial charge in [-0.15, -0.1) is 0 Å². The Morgan fingerprint density at radius 1 is 1.03 bits per heavy atom. The lowest BCUT2D eigenvalue weighted by Crippen LogP contribution is -2.28. The first-order valence-electron chi connectivity index (χ1n) is 13.0. The Morgan fingerprint density at radius 3 is 2.64 bits per heavy atom. The zero-order chi connectivity index (χ0) is 26.8. The van der Waals surface area contributed by atoms with E-state index in [-0.39, 0.29) is 6.04 Å². The van der Waals surface area contributed by atoms with Gasteiger partial charge in [0, 0.05) is 28.4 Å². The summed E-state index contributed by atoms with van der Waals surface area (Å²) in [5, 5.41) is 4.47. The summed E-state index contributed by atoms with van der Waals surface area (Å²) >= 11 is 9.91. The normalized spacial score (nSPS) is 19.4. The molecule has 4 aromatic rings. The number of allylic oxidation sites excluding steroid dienone is 2. The Kier molecular flexibility index (Phi) is 7.45. The molecule has 39 heavy (non-hydrogen) atoms. The summed E-state index contributed by atoms with van der Waals surface area (Å²) in [6.45, 7) is 0.341. The van der Waals surface area contributed by atoms with E-state index in [1.165, 1.54) is 16.8 Å². The summed E-state index contributed by atoms with van der Waals surface area (Å²) in [7, 11) is 1.63. The molecular weight excluding hydrogens is 572 g/mol. The molecule has 196 valence electrons. The van der Waals surface area contributed by atoms with E-state index in [4.69, 9.17) is 26.1 Å².